The number of aryl methyl sites for hydroxylation is 1. The summed E-state index contributed by atoms with van der Waals surface area (Å²) >= 11 is 0. The number of nitrogens with zero attached hydrogens (tertiary/aromatic N) is 3. The highest BCUT2D eigenvalue weighted by molar-refractivity contribution is 5.73. The van der Waals surface area contributed by atoms with Crippen LogP contribution in [-0.4, -0.2) is 28.6 Å². The topological polar surface area (TPSA) is 71.3 Å². The largest absolute Gasteiger partial charge is 0.368 e. The lowest BCUT2D eigenvalue weighted by Crippen LogP contribution is -2.40. The lowest BCUT2D eigenvalue weighted by molar-refractivity contribution is -0.120. The molecule has 0 unspecified atom stereocenters. The van der Waals surface area contributed by atoms with Crippen molar-refractivity contribution in [1.82, 2.24) is 15.5 Å². The average molecular weight is 342 g/mol. The first-order valence-corrected chi connectivity index (χ1v) is 8.83. The summed E-state index contributed by atoms with van der Waals surface area (Å²) in [6.45, 7) is 8.31. The number of hydrogen-bond acceptors (Lipinski definition) is 5. The van der Waals surface area contributed by atoms with E-state index in [4.69, 9.17) is 4.52 Å². The Kier molecular flexibility index (Phi) is 4.79. The van der Waals surface area contributed by atoms with Gasteiger partial charge in [0.2, 0.25) is 11.8 Å². The molecule has 1 amide bonds. The van der Waals surface area contributed by atoms with Crippen LogP contribution in [0.4, 0.5) is 5.69 Å². The van der Waals surface area contributed by atoms with Gasteiger partial charge < -0.3 is 14.7 Å². The Morgan fingerprint density at radius 3 is 2.92 bits per heavy atom. The zero-order chi connectivity index (χ0) is 18.0. The van der Waals surface area contributed by atoms with Crippen molar-refractivity contribution in [2.45, 2.75) is 58.5 Å². The molecule has 6 heteroatoms. The van der Waals surface area contributed by atoms with Gasteiger partial charge in [-0.3, -0.25) is 4.79 Å². The van der Waals surface area contributed by atoms with E-state index in [2.05, 4.69) is 51.5 Å². The molecule has 1 aliphatic heterocycles. The molecule has 2 heterocycles. The van der Waals surface area contributed by atoms with E-state index in [9.17, 15) is 4.79 Å². The van der Waals surface area contributed by atoms with Crippen LogP contribution >= 0.6 is 0 Å². The summed E-state index contributed by atoms with van der Waals surface area (Å²) in [7, 11) is 0. The molecule has 3 rings (SSSR count). The summed E-state index contributed by atoms with van der Waals surface area (Å²) in [5.41, 5.74) is 2.07. The van der Waals surface area contributed by atoms with Crippen molar-refractivity contribution < 1.29 is 9.32 Å². The van der Waals surface area contributed by atoms with Gasteiger partial charge in [0, 0.05) is 31.6 Å². The van der Waals surface area contributed by atoms with Crippen molar-refractivity contribution in [1.29, 1.82) is 0 Å². The number of aromatic nitrogens is 2. The molecule has 0 radical (unpaired) electrons. The van der Waals surface area contributed by atoms with Gasteiger partial charge in [0.1, 0.15) is 0 Å². The Balaban J connectivity index is 1.70. The molecule has 0 spiro atoms. The predicted octanol–water partition coefficient (Wildman–Crippen LogP) is 2.82. The molecule has 1 aromatic carbocycles. The van der Waals surface area contributed by atoms with Crippen molar-refractivity contribution in [2.24, 2.45) is 0 Å². The zero-order valence-corrected chi connectivity index (χ0v) is 15.4. The van der Waals surface area contributed by atoms with Crippen LogP contribution in [0.15, 0.2) is 28.8 Å². The first kappa shape index (κ1) is 17.5. The van der Waals surface area contributed by atoms with Gasteiger partial charge in [0.25, 0.3) is 0 Å². The van der Waals surface area contributed by atoms with Crippen molar-refractivity contribution in [3.05, 3.63) is 41.5 Å². The van der Waals surface area contributed by atoms with Crippen LogP contribution in [0.5, 0.6) is 0 Å². The van der Waals surface area contributed by atoms with Gasteiger partial charge in [0.05, 0.1) is 5.54 Å². The van der Waals surface area contributed by atoms with Crippen LogP contribution < -0.4 is 10.2 Å². The molecule has 1 aromatic heterocycles. The third-order valence-electron chi connectivity index (χ3n) is 4.75. The second-order valence-corrected chi connectivity index (χ2v) is 7.28. The number of anilines is 1. The first-order chi connectivity index (χ1) is 11.9. The number of fused-ring (bicyclic) bond motifs is 1. The fourth-order valence-electron chi connectivity index (χ4n) is 3.42. The molecule has 6 nitrogen and oxygen atoms in total. The third kappa shape index (κ3) is 3.83. The molecule has 0 saturated carbocycles. The highest BCUT2D eigenvalue weighted by atomic mass is 16.5. The maximum atomic E-state index is 11.3. The minimum absolute atomic E-state index is 0.116. The van der Waals surface area contributed by atoms with Crippen LogP contribution in [0, 0.1) is 0 Å². The van der Waals surface area contributed by atoms with E-state index in [1.165, 1.54) is 18.2 Å². The van der Waals surface area contributed by atoms with E-state index in [0.717, 1.165) is 19.4 Å². The zero-order valence-electron chi connectivity index (χ0n) is 15.4. The number of benzene rings is 1. The molecule has 0 aliphatic carbocycles. The number of carbonyl (C=O) groups is 1. The van der Waals surface area contributed by atoms with Gasteiger partial charge in [0.15, 0.2) is 5.82 Å². The number of nitrogens with one attached hydrogen (secondary N) is 1. The Hall–Kier alpha value is -2.37. The van der Waals surface area contributed by atoms with Crippen molar-refractivity contribution in [2.75, 3.05) is 11.4 Å². The normalized spacial score (nSPS) is 17.3. The molecule has 2 aromatic rings. The maximum absolute atomic E-state index is 11.3. The summed E-state index contributed by atoms with van der Waals surface area (Å²) in [6, 6.07) is 9.07. The Bertz CT molecular complexity index is 753. The van der Waals surface area contributed by atoms with Crippen molar-refractivity contribution in [3.8, 4) is 0 Å². The lowest BCUT2D eigenvalue weighted by Gasteiger charge is -2.36. The minimum Gasteiger partial charge on any atom is -0.368 e. The molecule has 1 atom stereocenters. The summed E-state index contributed by atoms with van der Waals surface area (Å²) < 4.78 is 5.41. The van der Waals surface area contributed by atoms with Gasteiger partial charge in [-0.2, -0.15) is 4.98 Å². The second-order valence-electron chi connectivity index (χ2n) is 7.28. The predicted molar refractivity (Wildman–Crippen MR) is 96.4 cm³/mol. The molecule has 134 valence electrons. The average Bonchev–Trinajstić information content (AvgIpc) is 3.03. The molecule has 1 aliphatic rings. The van der Waals surface area contributed by atoms with Crippen LogP contribution in [0.2, 0.25) is 0 Å². The van der Waals surface area contributed by atoms with Gasteiger partial charge in [-0.05, 0) is 45.2 Å². The second kappa shape index (κ2) is 6.86. The van der Waals surface area contributed by atoms with Crippen LogP contribution in [-0.2, 0) is 23.2 Å². The van der Waals surface area contributed by atoms with Gasteiger partial charge in [-0.15, -0.1) is 0 Å². The molecule has 0 saturated heterocycles. The van der Waals surface area contributed by atoms with Crippen molar-refractivity contribution in [3.63, 3.8) is 0 Å². The summed E-state index contributed by atoms with van der Waals surface area (Å²) in [4.78, 5) is 18.2. The Morgan fingerprint density at radius 2 is 2.16 bits per heavy atom. The van der Waals surface area contributed by atoms with Crippen LogP contribution in [0.25, 0.3) is 0 Å². The third-order valence-corrected chi connectivity index (χ3v) is 4.75. The highest BCUT2D eigenvalue weighted by Gasteiger charge is 2.28. The fraction of sp³-hybridized carbons (Fsp3) is 0.526. The van der Waals surface area contributed by atoms with Gasteiger partial charge in [-0.25, -0.2) is 0 Å². The maximum Gasteiger partial charge on any atom is 0.228 e. The van der Waals surface area contributed by atoms with E-state index in [-0.39, 0.29) is 5.91 Å². The minimum atomic E-state index is -0.640. The molecular formula is C19H26N4O2. The number of hydrogen-bond donors (Lipinski definition) is 1. The number of para-hydroxylation sites is 1. The van der Waals surface area contributed by atoms with E-state index in [1.807, 2.05) is 13.8 Å². The fourth-order valence-corrected chi connectivity index (χ4v) is 3.42. The monoisotopic (exact) mass is 342 g/mol. The number of rotatable bonds is 5. The van der Waals surface area contributed by atoms with Crippen LogP contribution in [0.3, 0.4) is 0 Å². The van der Waals surface area contributed by atoms with Gasteiger partial charge >= 0.3 is 0 Å². The summed E-state index contributed by atoms with van der Waals surface area (Å²) in [6.07, 6.45) is 2.97. The Labute approximate surface area is 148 Å². The standard InChI is InChI=1S/C19H26N4O2/c1-13-9-10-15-7-5-6-8-16(15)23(13)12-11-17-20-18(22-25-17)19(3,4)21-14(2)24/h5-8,13H,9-12H2,1-4H3,(H,21,24)/t13-/m1/s1. The molecule has 0 bridgehead atoms. The summed E-state index contributed by atoms with van der Waals surface area (Å²) in [5, 5.41) is 6.89. The quantitative estimate of drug-likeness (QED) is 0.905. The van der Waals surface area contributed by atoms with E-state index in [1.54, 1.807) is 0 Å². The molecule has 0 fully saturated rings. The molecule has 1 N–H and O–H groups in total. The molecular weight excluding hydrogens is 316 g/mol. The smallest absolute Gasteiger partial charge is 0.228 e. The summed E-state index contributed by atoms with van der Waals surface area (Å²) in [5.74, 6) is 0.989. The number of amides is 1. The SMILES string of the molecule is CC(=O)NC(C)(C)c1noc(CCN2c3ccccc3CC[C@H]2C)n1. The first-order valence-electron chi connectivity index (χ1n) is 8.83. The van der Waals surface area contributed by atoms with E-state index >= 15 is 0 Å². The van der Waals surface area contributed by atoms with Gasteiger partial charge in [-0.1, -0.05) is 23.4 Å². The highest BCUT2D eigenvalue weighted by Crippen LogP contribution is 2.30. The van der Waals surface area contributed by atoms with Crippen LogP contribution in [0.1, 0.15) is 51.4 Å². The lowest BCUT2D eigenvalue weighted by atomic mass is 9.96. The number of carbonyl (C=O) groups excluding carboxylic acids is 1. The Morgan fingerprint density at radius 1 is 1.40 bits per heavy atom. The van der Waals surface area contributed by atoms with E-state index < -0.39 is 5.54 Å². The van der Waals surface area contributed by atoms with Crippen molar-refractivity contribution >= 4 is 11.6 Å². The molecule has 25 heavy (non-hydrogen) atoms. The van der Waals surface area contributed by atoms with E-state index in [0.29, 0.717) is 24.2 Å².